The van der Waals surface area contributed by atoms with Crippen LogP contribution in [0, 0.1) is 9.65 Å². The molecule has 5 rings (SSSR count). The molecule has 32 heavy (non-hydrogen) atoms. The van der Waals surface area contributed by atoms with Crippen LogP contribution in [0.3, 0.4) is 0 Å². The molecule has 0 aliphatic carbocycles. The van der Waals surface area contributed by atoms with Crippen molar-refractivity contribution in [3.05, 3.63) is 57.7 Å². The van der Waals surface area contributed by atoms with Gasteiger partial charge < -0.3 is 15.0 Å². The second-order valence-electron chi connectivity index (χ2n) is 7.62. The summed E-state index contributed by atoms with van der Waals surface area (Å²) in [4.78, 5) is 14.0. The van der Waals surface area contributed by atoms with Crippen molar-refractivity contribution in [2.45, 2.75) is 31.0 Å². The molecule has 0 atom stereocenters. The van der Waals surface area contributed by atoms with Crippen molar-refractivity contribution < 1.29 is 9.50 Å². The highest BCUT2D eigenvalue weighted by Gasteiger charge is 2.19. The van der Waals surface area contributed by atoms with Gasteiger partial charge in [0.05, 0.1) is 0 Å². The van der Waals surface area contributed by atoms with E-state index in [1.807, 2.05) is 12.1 Å². The summed E-state index contributed by atoms with van der Waals surface area (Å²) < 4.78 is 17.1. The van der Waals surface area contributed by atoms with Gasteiger partial charge in [-0.2, -0.15) is 0 Å². The fourth-order valence-electron chi connectivity index (χ4n) is 3.88. The maximum absolute atomic E-state index is 14.2. The van der Waals surface area contributed by atoms with Crippen LogP contribution >= 0.6 is 34.4 Å². The first-order valence-corrected chi connectivity index (χ1v) is 12.5. The topological polar surface area (TPSA) is 75.9 Å². The Bertz CT molecular complexity index is 1300. The van der Waals surface area contributed by atoms with Gasteiger partial charge in [-0.25, -0.2) is 19.3 Å². The van der Waals surface area contributed by atoms with Gasteiger partial charge in [0.2, 0.25) is 0 Å². The van der Waals surface area contributed by atoms with Crippen LogP contribution in [0.1, 0.15) is 18.4 Å². The van der Waals surface area contributed by atoms with Crippen molar-refractivity contribution in [2.24, 2.45) is 0 Å². The maximum atomic E-state index is 14.2. The van der Waals surface area contributed by atoms with Crippen LogP contribution in [0.25, 0.3) is 22.3 Å². The van der Waals surface area contributed by atoms with E-state index in [0.717, 1.165) is 46.4 Å². The van der Waals surface area contributed by atoms with Crippen LogP contribution in [0.5, 0.6) is 5.75 Å². The number of rotatable bonds is 5. The van der Waals surface area contributed by atoms with E-state index < -0.39 is 0 Å². The maximum Gasteiger partial charge on any atom is 0.194 e. The molecule has 6 nitrogen and oxygen atoms in total. The molecule has 1 aliphatic rings. The lowest BCUT2D eigenvalue weighted by Gasteiger charge is -2.10. The third-order valence-electron chi connectivity index (χ3n) is 5.47. The van der Waals surface area contributed by atoms with Crippen molar-refractivity contribution in [2.75, 3.05) is 17.6 Å². The molecule has 9 heteroatoms. The number of aromatic hydroxyl groups is 1. The van der Waals surface area contributed by atoms with Gasteiger partial charge in [0.25, 0.3) is 0 Å². The van der Waals surface area contributed by atoms with E-state index in [1.54, 1.807) is 36.0 Å². The van der Waals surface area contributed by atoms with Crippen molar-refractivity contribution in [1.82, 2.24) is 19.5 Å². The number of anilines is 1. The summed E-state index contributed by atoms with van der Waals surface area (Å²) in [6, 6.07) is 11.8. The summed E-state index contributed by atoms with van der Waals surface area (Å²) in [7, 11) is 0. The zero-order chi connectivity index (χ0) is 22.1. The minimum atomic E-state index is -0.353. The monoisotopic (exact) mass is 561 g/mol. The molecule has 0 spiro atoms. The second-order valence-corrected chi connectivity index (χ2v) is 9.65. The Balaban J connectivity index is 1.37. The summed E-state index contributed by atoms with van der Waals surface area (Å²) in [6.45, 7) is 1.55. The second kappa shape index (κ2) is 9.22. The van der Waals surface area contributed by atoms with Crippen molar-refractivity contribution in [3.8, 4) is 16.9 Å². The fraction of sp³-hybridized carbons (Fsp3) is 0.261. The number of aromatic nitrogens is 4. The van der Waals surface area contributed by atoms with E-state index in [9.17, 15) is 9.50 Å². The average Bonchev–Trinajstić information content (AvgIpc) is 2.96. The summed E-state index contributed by atoms with van der Waals surface area (Å²) in [5.74, 6) is 1.51. The van der Waals surface area contributed by atoms with Crippen molar-refractivity contribution in [1.29, 1.82) is 0 Å². The quantitative estimate of drug-likeness (QED) is 0.248. The number of thioether (sulfide) groups is 1. The van der Waals surface area contributed by atoms with Gasteiger partial charge in [-0.3, -0.25) is 0 Å². The fourth-order valence-corrected chi connectivity index (χ4v) is 5.37. The number of phenolic OH excluding ortho intramolecular Hbond substituents is 1. The minimum absolute atomic E-state index is 0.0656. The first-order valence-electron chi connectivity index (χ1n) is 10.5. The molecule has 0 saturated carbocycles. The molecule has 3 heterocycles. The molecule has 2 aromatic heterocycles. The lowest BCUT2D eigenvalue weighted by Crippen LogP contribution is -2.09. The number of imidazole rings is 1. The Morgan fingerprint density at radius 2 is 1.97 bits per heavy atom. The molecule has 0 saturated heterocycles. The van der Waals surface area contributed by atoms with Gasteiger partial charge in [-0.05, 0) is 43.0 Å². The zero-order valence-electron chi connectivity index (χ0n) is 17.2. The standard InChI is InChI=1S/C23H21FIN5OS/c24-17-6-2-1-5-15(17)16-13-14(7-8-18(16)31)9-10-26-20-19-21(29-22(25)28-20)30-11-3-4-12-32-23(30)27-19/h1-2,5-8,13,31H,3-4,9-12H2,(H,26,28,29). The Kier molecular flexibility index (Phi) is 6.18. The first-order chi connectivity index (χ1) is 15.6. The van der Waals surface area contributed by atoms with Crippen LogP contribution in [0.15, 0.2) is 47.6 Å². The Morgan fingerprint density at radius 1 is 1.09 bits per heavy atom. The number of phenols is 1. The molecular weight excluding hydrogens is 540 g/mol. The molecule has 4 aromatic rings. The highest BCUT2D eigenvalue weighted by molar-refractivity contribution is 14.1. The van der Waals surface area contributed by atoms with Gasteiger partial charge in [0.1, 0.15) is 11.6 Å². The molecule has 0 unspecified atom stereocenters. The number of halogens is 2. The van der Waals surface area contributed by atoms with E-state index in [4.69, 9.17) is 4.98 Å². The summed E-state index contributed by atoms with van der Waals surface area (Å²) in [5.41, 5.74) is 3.55. The van der Waals surface area contributed by atoms with Gasteiger partial charge >= 0.3 is 0 Å². The van der Waals surface area contributed by atoms with Crippen LogP contribution < -0.4 is 5.32 Å². The molecule has 1 aliphatic heterocycles. The van der Waals surface area contributed by atoms with Gasteiger partial charge in [0.15, 0.2) is 26.0 Å². The zero-order valence-corrected chi connectivity index (χ0v) is 20.2. The van der Waals surface area contributed by atoms with Crippen LogP contribution in [-0.4, -0.2) is 36.9 Å². The van der Waals surface area contributed by atoms with E-state index in [1.165, 1.54) is 12.5 Å². The highest BCUT2D eigenvalue weighted by atomic mass is 127. The number of nitrogens with zero attached hydrogens (tertiary/aromatic N) is 4. The first kappa shape index (κ1) is 21.4. The van der Waals surface area contributed by atoms with Crippen LogP contribution in [0.4, 0.5) is 10.2 Å². The highest BCUT2D eigenvalue weighted by Crippen LogP contribution is 2.33. The number of hydrogen-bond donors (Lipinski definition) is 2. The average molecular weight is 561 g/mol. The lowest BCUT2D eigenvalue weighted by molar-refractivity contribution is 0.476. The number of benzene rings is 2. The third-order valence-corrected chi connectivity index (χ3v) is 7.02. The molecule has 164 valence electrons. The van der Waals surface area contributed by atoms with Gasteiger partial charge in [-0.1, -0.05) is 36.0 Å². The molecular formula is C23H21FIN5OS. The number of aryl methyl sites for hydroxylation is 1. The largest absolute Gasteiger partial charge is 0.507 e. The van der Waals surface area contributed by atoms with Crippen molar-refractivity contribution >= 4 is 51.3 Å². The molecule has 0 bridgehead atoms. The SMILES string of the molecule is Oc1ccc(CCNc2nc(I)nc3c2nc2n3CCCCS2)cc1-c1ccccc1F. The third kappa shape index (κ3) is 4.27. The number of fused-ring (bicyclic) bond motifs is 3. The molecule has 0 amide bonds. The predicted molar refractivity (Wildman–Crippen MR) is 134 cm³/mol. The van der Waals surface area contributed by atoms with Gasteiger partial charge in [0, 0.05) is 52.6 Å². The minimum Gasteiger partial charge on any atom is -0.507 e. The Hall–Kier alpha value is -2.40. The van der Waals surface area contributed by atoms with Crippen LogP contribution in [-0.2, 0) is 13.0 Å². The number of nitrogens with one attached hydrogen (secondary N) is 1. The molecule has 2 N–H and O–H groups in total. The summed E-state index contributed by atoms with van der Waals surface area (Å²) >= 11 is 3.91. The van der Waals surface area contributed by atoms with E-state index in [-0.39, 0.29) is 11.6 Å². The normalized spacial score (nSPS) is 13.7. The molecule has 0 radical (unpaired) electrons. The van der Waals surface area contributed by atoms with Gasteiger partial charge in [-0.15, -0.1) is 0 Å². The van der Waals surface area contributed by atoms with Crippen LogP contribution in [0.2, 0.25) is 0 Å². The van der Waals surface area contributed by atoms with E-state index >= 15 is 0 Å². The molecule has 2 aromatic carbocycles. The Labute approximate surface area is 202 Å². The van der Waals surface area contributed by atoms with E-state index in [0.29, 0.717) is 27.9 Å². The Morgan fingerprint density at radius 3 is 2.84 bits per heavy atom. The summed E-state index contributed by atoms with van der Waals surface area (Å²) in [5, 5.41) is 14.7. The lowest BCUT2D eigenvalue weighted by atomic mass is 10.00. The molecule has 0 fully saturated rings. The smallest absolute Gasteiger partial charge is 0.194 e. The summed E-state index contributed by atoms with van der Waals surface area (Å²) in [6.07, 6.45) is 3.00. The van der Waals surface area contributed by atoms with E-state index in [2.05, 4.69) is 42.4 Å². The van der Waals surface area contributed by atoms with Crippen molar-refractivity contribution in [3.63, 3.8) is 0 Å². The predicted octanol–water partition coefficient (Wildman–Crippen LogP) is 5.48. The number of hydrogen-bond acceptors (Lipinski definition) is 6.